The fraction of sp³-hybridized carbons (Fsp3) is 0.478. The fourth-order valence-electron chi connectivity index (χ4n) is 3.57. The standard InChI is InChI=1S/C23H30/c1-8-15-11-18(23(5,6)7)14-21-19(15)12-16-9-10-17(13-20(16)21)22(2,3)4/h9-11,13-14H,8,12H2,1-7H3. The molecule has 1 aliphatic rings. The first-order valence-corrected chi connectivity index (χ1v) is 8.91. The van der Waals surface area contributed by atoms with Gasteiger partial charge in [0.15, 0.2) is 0 Å². The lowest BCUT2D eigenvalue weighted by molar-refractivity contribution is 0.589. The van der Waals surface area contributed by atoms with E-state index in [4.69, 9.17) is 0 Å². The SMILES string of the molecule is CCc1cc(C(C)(C)C)cc2c1Cc1ccc(C(C)(C)C)cc1-2. The van der Waals surface area contributed by atoms with Crippen molar-refractivity contribution in [1.82, 2.24) is 0 Å². The lowest BCUT2D eigenvalue weighted by Crippen LogP contribution is -2.12. The number of hydrogen-bond donors (Lipinski definition) is 0. The summed E-state index contributed by atoms with van der Waals surface area (Å²) in [6.45, 7) is 16.1. The molecule has 0 bridgehead atoms. The minimum absolute atomic E-state index is 0.198. The summed E-state index contributed by atoms with van der Waals surface area (Å²) in [5, 5.41) is 0. The first kappa shape index (κ1) is 16.3. The minimum Gasteiger partial charge on any atom is -0.0613 e. The van der Waals surface area contributed by atoms with Crippen LogP contribution in [-0.4, -0.2) is 0 Å². The van der Waals surface area contributed by atoms with Crippen molar-refractivity contribution in [1.29, 1.82) is 0 Å². The highest BCUT2D eigenvalue weighted by Crippen LogP contribution is 2.42. The first-order valence-electron chi connectivity index (χ1n) is 8.91. The van der Waals surface area contributed by atoms with Crippen LogP contribution >= 0.6 is 0 Å². The van der Waals surface area contributed by atoms with E-state index >= 15 is 0 Å². The smallest absolute Gasteiger partial charge is 0.00107 e. The molecule has 0 atom stereocenters. The van der Waals surface area contributed by atoms with Gasteiger partial charge >= 0.3 is 0 Å². The van der Waals surface area contributed by atoms with Crippen LogP contribution in [0.2, 0.25) is 0 Å². The second-order valence-corrected chi connectivity index (χ2v) is 9.06. The van der Waals surface area contributed by atoms with E-state index in [2.05, 4.69) is 78.8 Å². The minimum atomic E-state index is 0.198. The summed E-state index contributed by atoms with van der Waals surface area (Å²) < 4.78 is 0. The summed E-state index contributed by atoms with van der Waals surface area (Å²) in [5.74, 6) is 0. The van der Waals surface area contributed by atoms with Crippen LogP contribution < -0.4 is 0 Å². The van der Waals surface area contributed by atoms with E-state index in [0.717, 1.165) is 12.8 Å². The van der Waals surface area contributed by atoms with Crippen molar-refractivity contribution in [3.05, 3.63) is 58.1 Å². The van der Waals surface area contributed by atoms with Crippen molar-refractivity contribution in [3.63, 3.8) is 0 Å². The Hall–Kier alpha value is -1.56. The number of fused-ring (bicyclic) bond motifs is 3. The van der Waals surface area contributed by atoms with E-state index in [1.54, 1.807) is 5.56 Å². The maximum Gasteiger partial charge on any atom is -0.00107 e. The first-order chi connectivity index (χ1) is 10.6. The van der Waals surface area contributed by atoms with Crippen LogP contribution in [-0.2, 0) is 23.7 Å². The third-order valence-corrected chi connectivity index (χ3v) is 5.22. The molecule has 0 heterocycles. The Kier molecular flexibility index (Phi) is 3.71. The molecule has 122 valence electrons. The molecule has 0 N–H and O–H groups in total. The molecule has 0 fully saturated rings. The van der Waals surface area contributed by atoms with Gasteiger partial charge in [0.1, 0.15) is 0 Å². The van der Waals surface area contributed by atoms with Crippen LogP contribution in [0.25, 0.3) is 11.1 Å². The van der Waals surface area contributed by atoms with Crippen LogP contribution in [0.3, 0.4) is 0 Å². The molecule has 0 aliphatic heterocycles. The van der Waals surface area contributed by atoms with Crippen molar-refractivity contribution in [2.24, 2.45) is 0 Å². The molecule has 0 spiro atoms. The summed E-state index contributed by atoms with van der Waals surface area (Å²) in [7, 11) is 0. The molecule has 2 aromatic carbocycles. The predicted octanol–water partition coefficient (Wildman–Crippen LogP) is 6.42. The van der Waals surface area contributed by atoms with E-state index in [-0.39, 0.29) is 10.8 Å². The Balaban J connectivity index is 2.23. The molecule has 0 saturated carbocycles. The number of hydrogen-bond acceptors (Lipinski definition) is 0. The van der Waals surface area contributed by atoms with Crippen molar-refractivity contribution in [3.8, 4) is 11.1 Å². The van der Waals surface area contributed by atoms with Crippen LogP contribution in [0.1, 0.15) is 76.3 Å². The monoisotopic (exact) mass is 306 g/mol. The van der Waals surface area contributed by atoms with E-state index in [1.165, 1.54) is 33.4 Å². The Morgan fingerprint density at radius 2 is 1.39 bits per heavy atom. The quantitative estimate of drug-likeness (QED) is 0.487. The maximum atomic E-state index is 2.45. The normalized spacial score (nSPS) is 13.9. The Bertz CT molecular complexity index is 749. The van der Waals surface area contributed by atoms with Gasteiger partial charge < -0.3 is 0 Å². The lowest BCUT2D eigenvalue weighted by Gasteiger charge is -2.23. The number of rotatable bonds is 1. The van der Waals surface area contributed by atoms with Gasteiger partial charge in [0.05, 0.1) is 0 Å². The van der Waals surface area contributed by atoms with Gasteiger partial charge in [0, 0.05) is 0 Å². The van der Waals surface area contributed by atoms with E-state index in [9.17, 15) is 0 Å². The number of benzene rings is 2. The van der Waals surface area contributed by atoms with E-state index in [1.807, 2.05) is 0 Å². The topological polar surface area (TPSA) is 0 Å². The van der Waals surface area contributed by atoms with Gasteiger partial charge in [0.25, 0.3) is 0 Å². The van der Waals surface area contributed by atoms with Gasteiger partial charge in [-0.15, -0.1) is 0 Å². The summed E-state index contributed by atoms with van der Waals surface area (Å²) in [5.41, 5.74) is 10.8. The molecule has 0 amide bonds. The van der Waals surface area contributed by atoms with Crippen molar-refractivity contribution >= 4 is 0 Å². The van der Waals surface area contributed by atoms with Crippen LogP contribution in [0.5, 0.6) is 0 Å². The van der Waals surface area contributed by atoms with Crippen molar-refractivity contribution in [2.45, 2.75) is 72.1 Å². The summed E-state index contributed by atoms with van der Waals surface area (Å²) in [6.07, 6.45) is 2.22. The van der Waals surface area contributed by atoms with E-state index < -0.39 is 0 Å². The largest absolute Gasteiger partial charge is 0.0613 e. The third-order valence-electron chi connectivity index (χ3n) is 5.22. The molecule has 3 rings (SSSR count). The highest BCUT2D eigenvalue weighted by atomic mass is 14.3. The Labute approximate surface area is 141 Å². The van der Waals surface area contributed by atoms with Crippen molar-refractivity contribution < 1.29 is 0 Å². The zero-order valence-electron chi connectivity index (χ0n) is 15.8. The Morgan fingerprint density at radius 1 is 0.783 bits per heavy atom. The molecule has 2 aromatic rings. The zero-order valence-corrected chi connectivity index (χ0v) is 15.8. The average molecular weight is 306 g/mol. The summed E-state index contributed by atoms with van der Waals surface area (Å²) in [4.78, 5) is 0. The third kappa shape index (κ3) is 2.84. The van der Waals surface area contributed by atoms with Crippen molar-refractivity contribution in [2.75, 3.05) is 0 Å². The van der Waals surface area contributed by atoms with Crippen LogP contribution in [0.4, 0.5) is 0 Å². The highest BCUT2D eigenvalue weighted by molar-refractivity contribution is 5.79. The van der Waals surface area contributed by atoms with Crippen LogP contribution in [0, 0.1) is 0 Å². The van der Waals surface area contributed by atoms with E-state index in [0.29, 0.717) is 0 Å². The molecular weight excluding hydrogens is 276 g/mol. The predicted molar refractivity (Wildman–Crippen MR) is 101 cm³/mol. The second kappa shape index (κ2) is 5.23. The number of aryl methyl sites for hydroxylation is 1. The average Bonchev–Trinajstić information content (AvgIpc) is 2.82. The Morgan fingerprint density at radius 3 is 1.96 bits per heavy atom. The molecule has 23 heavy (non-hydrogen) atoms. The molecule has 1 aliphatic carbocycles. The van der Waals surface area contributed by atoms with Gasteiger partial charge in [-0.2, -0.15) is 0 Å². The molecule has 0 radical (unpaired) electrons. The van der Waals surface area contributed by atoms with Gasteiger partial charge in [-0.25, -0.2) is 0 Å². The second-order valence-electron chi connectivity index (χ2n) is 9.06. The van der Waals surface area contributed by atoms with Gasteiger partial charge in [-0.3, -0.25) is 0 Å². The summed E-state index contributed by atoms with van der Waals surface area (Å²) >= 11 is 0. The molecule has 0 unspecified atom stereocenters. The molecular formula is C23H30. The molecule has 0 aromatic heterocycles. The van der Waals surface area contributed by atoms with Gasteiger partial charge in [0.2, 0.25) is 0 Å². The van der Waals surface area contributed by atoms with Gasteiger partial charge in [-0.05, 0) is 62.6 Å². The fourth-order valence-corrected chi connectivity index (χ4v) is 3.57. The van der Waals surface area contributed by atoms with Gasteiger partial charge in [-0.1, -0.05) is 78.8 Å². The summed E-state index contributed by atoms with van der Waals surface area (Å²) in [6, 6.07) is 12.0. The molecule has 0 heteroatoms. The van der Waals surface area contributed by atoms with Crippen LogP contribution in [0.15, 0.2) is 30.3 Å². The molecule has 0 saturated heterocycles. The molecule has 0 nitrogen and oxygen atoms in total. The lowest BCUT2D eigenvalue weighted by atomic mass is 9.82. The maximum absolute atomic E-state index is 2.45. The highest BCUT2D eigenvalue weighted by Gasteiger charge is 2.26. The zero-order chi connectivity index (χ0) is 17.0.